The van der Waals surface area contributed by atoms with Crippen molar-refractivity contribution in [3.05, 3.63) is 41.5 Å². The predicted octanol–water partition coefficient (Wildman–Crippen LogP) is 1.23. The van der Waals surface area contributed by atoms with E-state index in [4.69, 9.17) is 5.11 Å². The van der Waals surface area contributed by atoms with E-state index < -0.39 is 5.97 Å². The van der Waals surface area contributed by atoms with Crippen molar-refractivity contribution in [2.24, 2.45) is 0 Å². The van der Waals surface area contributed by atoms with Crippen molar-refractivity contribution >= 4 is 17.8 Å². The van der Waals surface area contributed by atoms with Crippen molar-refractivity contribution in [2.45, 2.75) is 20.4 Å². The summed E-state index contributed by atoms with van der Waals surface area (Å²) in [5, 5.41) is 11.5. The molecule has 0 unspecified atom stereocenters. The van der Waals surface area contributed by atoms with Crippen LogP contribution in [0.15, 0.2) is 24.4 Å². The number of amides is 1. The topological polar surface area (TPSA) is 97.1 Å². The van der Waals surface area contributed by atoms with Gasteiger partial charge in [-0.2, -0.15) is 0 Å². The number of rotatable bonds is 4. The van der Waals surface area contributed by atoms with E-state index in [-0.39, 0.29) is 24.1 Å². The molecule has 2 rings (SSSR count). The average molecular weight is 274 g/mol. The van der Waals surface area contributed by atoms with Gasteiger partial charge in [-0.25, -0.2) is 14.8 Å². The zero-order valence-electron chi connectivity index (χ0n) is 11.1. The van der Waals surface area contributed by atoms with Crippen LogP contribution in [-0.4, -0.2) is 31.5 Å². The van der Waals surface area contributed by atoms with E-state index in [1.807, 2.05) is 0 Å². The molecule has 0 fully saturated rings. The lowest BCUT2D eigenvalue weighted by Crippen LogP contribution is -2.22. The molecule has 0 saturated carbocycles. The van der Waals surface area contributed by atoms with Crippen molar-refractivity contribution in [3.8, 4) is 0 Å². The van der Waals surface area contributed by atoms with Crippen LogP contribution in [0.2, 0.25) is 0 Å². The first-order valence-electron chi connectivity index (χ1n) is 5.96. The molecule has 0 aromatic carbocycles. The molecule has 20 heavy (non-hydrogen) atoms. The van der Waals surface area contributed by atoms with E-state index >= 15 is 0 Å². The van der Waals surface area contributed by atoms with Crippen molar-refractivity contribution < 1.29 is 14.7 Å². The highest BCUT2D eigenvalue weighted by molar-refractivity contribution is 5.90. The van der Waals surface area contributed by atoms with E-state index in [1.165, 1.54) is 16.8 Å². The Hall–Kier alpha value is -2.70. The number of carboxylic acid groups (broad SMARTS) is 1. The first-order valence-corrected chi connectivity index (χ1v) is 5.96. The number of hydrogen-bond acceptors (Lipinski definition) is 4. The molecule has 0 bridgehead atoms. The third-order valence-corrected chi connectivity index (χ3v) is 2.60. The Morgan fingerprint density at radius 3 is 2.55 bits per heavy atom. The van der Waals surface area contributed by atoms with Crippen LogP contribution in [0.5, 0.6) is 0 Å². The molecule has 2 aromatic heterocycles. The Morgan fingerprint density at radius 2 is 1.95 bits per heavy atom. The third-order valence-electron chi connectivity index (χ3n) is 2.60. The quantitative estimate of drug-likeness (QED) is 0.874. The molecule has 0 saturated heterocycles. The van der Waals surface area contributed by atoms with Crippen LogP contribution >= 0.6 is 0 Å². The number of carbonyl (C=O) groups excluding carboxylic acids is 1. The lowest BCUT2D eigenvalue weighted by atomic mass is 10.3. The van der Waals surface area contributed by atoms with E-state index in [1.54, 1.807) is 26.0 Å². The second-order valence-corrected chi connectivity index (χ2v) is 4.35. The smallest absolute Gasteiger partial charge is 0.352 e. The van der Waals surface area contributed by atoms with Crippen molar-refractivity contribution in [3.63, 3.8) is 0 Å². The summed E-state index contributed by atoms with van der Waals surface area (Å²) >= 11 is 0. The molecule has 0 spiro atoms. The van der Waals surface area contributed by atoms with Gasteiger partial charge in [0, 0.05) is 17.6 Å². The van der Waals surface area contributed by atoms with E-state index in [0.717, 1.165) is 11.4 Å². The maximum absolute atomic E-state index is 11.9. The van der Waals surface area contributed by atoms with Crippen LogP contribution < -0.4 is 5.32 Å². The molecule has 104 valence electrons. The van der Waals surface area contributed by atoms with Crippen LogP contribution in [0.25, 0.3) is 0 Å². The van der Waals surface area contributed by atoms with Gasteiger partial charge in [-0.15, -0.1) is 0 Å². The number of carbonyl (C=O) groups is 2. The molecule has 2 N–H and O–H groups in total. The SMILES string of the molecule is Cc1cc(C)nc(NC(=O)Cn2cccc2C(=O)O)n1. The second kappa shape index (κ2) is 5.52. The second-order valence-electron chi connectivity index (χ2n) is 4.35. The molecule has 1 amide bonds. The van der Waals surface area contributed by atoms with Crippen LogP contribution in [0.1, 0.15) is 21.9 Å². The summed E-state index contributed by atoms with van der Waals surface area (Å²) in [6.07, 6.45) is 1.53. The fraction of sp³-hybridized carbons (Fsp3) is 0.231. The summed E-state index contributed by atoms with van der Waals surface area (Å²) < 4.78 is 1.35. The molecule has 2 aromatic rings. The maximum Gasteiger partial charge on any atom is 0.352 e. The summed E-state index contributed by atoms with van der Waals surface area (Å²) in [6, 6.07) is 4.80. The predicted molar refractivity (Wildman–Crippen MR) is 71.5 cm³/mol. The first-order chi connectivity index (χ1) is 9.45. The van der Waals surface area contributed by atoms with Crippen molar-refractivity contribution in [1.82, 2.24) is 14.5 Å². The highest BCUT2D eigenvalue weighted by Crippen LogP contribution is 2.06. The normalized spacial score (nSPS) is 10.3. The van der Waals surface area contributed by atoms with Crippen LogP contribution in [0.4, 0.5) is 5.95 Å². The number of aromatic nitrogens is 3. The molecule has 0 radical (unpaired) electrons. The highest BCUT2D eigenvalue weighted by Gasteiger charge is 2.12. The Balaban J connectivity index is 2.09. The van der Waals surface area contributed by atoms with E-state index in [0.29, 0.717) is 0 Å². The van der Waals surface area contributed by atoms with Gasteiger partial charge in [-0.3, -0.25) is 10.1 Å². The number of carboxylic acids is 1. The Labute approximate surface area is 115 Å². The van der Waals surface area contributed by atoms with Gasteiger partial charge in [0.15, 0.2) is 0 Å². The van der Waals surface area contributed by atoms with Gasteiger partial charge in [-0.1, -0.05) is 0 Å². The monoisotopic (exact) mass is 274 g/mol. The van der Waals surface area contributed by atoms with Crippen LogP contribution in [0, 0.1) is 13.8 Å². The Kier molecular flexibility index (Phi) is 3.79. The molecular formula is C13H14N4O3. The van der Waals surface area contributed by atoms with Crippen LogP contribution in [-0.2, 0) is 11.3 Å². The minimum Gasteiger partial charge on any atom is -0.477 e. The number of nitrogens with zero attached hydrogens (tertiary/aromatic N) is 3. The van der Waals surface area contributed by atoms with Crippen LogP contribution in [0.3, 0.4) is 0 Å². The summed E-state index contributed by atoms with van der Waals surface area (Å²) in [4.78, 5) is 31.0. The number of aryl methyl sites for hydroxylation is 2. The largest absolute Gasteiger partial charge is 0.477 e. The standard InChI is InChI=1S/C13H14N4O3/c1-8-6-9(2)15-13(14-8)16-11(18)7-17-5-3-4-10(17)12(19)20/h3-6H,7H2,1-2H3,(H,19,20)(H,14,15,16,18). The molecule has 7 nitrogen and oxygen atoms in total. The molecule has 0 aliphatic carbocycles. The number of hydrogen-bond donors (Lipinski definition) is 2. The van der Waals surface area contributed by atoms with Gasteiger partial charge in [0.05, 0.1) is 0 Å². The first kappa shape index (κ1) is 13.7. The minimum absolute atomic E-state index is 0.0569. The molecule has 0 aliphatic heterocycles. The molecular weight excluding hydrogens is 260 g/mol. The van der Waals surface area contributed by atoms with Gasteiger partial charge in [0.2, 0.25) is 11.9 Å². The van der Waals surface area contributed by atoms with Crippen molar-refractivity contribution in [1.29, 1.82) is 0 Å². The number of nitrogens with one attached hydrogen (secondary N) is 1. The summed E-state index contributed by atoms with van der Waals surface area (Å²) in [5.41, 5.74) is 1.56. The van der Waals surface area contributed by atoms with E-state index in [9.17, 15) is 9.59 Å². The highest BCUT2D eigenvalue weighted by atomic mass is 16.4. The summed E-state index contributed by atoms with van der Waals surface area (Å²) in [6.45, 7) is 3.50. The lowest BCUT2D eigenvalue weighted by Gasteiger charge is -2.07. The zero-order chi connectivity index (χ0) is 14.7. The fourth-order valence-corrected chi connectivity index (χ4v) is 1.85. The van der Waals surface area contributed by atoms with Gasteiger partial charge >= 0.3 is 5.97 Å². The third kappa shape index (κ3) is 3.19. The molecule has 2 heterocycles. The molecule has 7 heteroatoms. The number of anilines is 1. The van der Waals surface area contributed by atoms with E-state index in [2.05, 4.69) is 15.3 Å². The minimum atomic E-state index is -1.08. The Bertz CT molecular complexity index is 643. The van der Waals surface area contributed by atoms with Crippen molar-refractivity contribution in [2.75, 3.05) is 5.32 Å². The van der Waals surface area contributed by atoms with Gasteiger partial charge in [0.25, 0.3) is 0 Å². The molecule has 0 aliphatic rings. The lowest BCUT2D eigenvalue weighted by molar-refractivity contribution is -0.116. The fourth-order valence-electron chi connectivity index (χ4n) is 1.85. The number of aromatic carboxylic acids is 1. The Morgan fingerprint density at radius 1 is 1.30 bits per heavy atom. The summed E-state index contributed by atoms with van der Waals surface area (Å²) in [5.74, 6) is -1.24. The van der Waals surface area contributed by atoms with Gasteiger partial charge in [0.1, 0.15) is 12.2 Å². The summed E-state index contributed by atoms with van der Waals surface area (Å²) in [7, 11) is 0. The van der Waals surface area contributed by atoms with Gasteiger partial charge < -0.3 is 9.67 Å². The zero-order valence-corrected chi connectivity index (χ0v) is 11.1. The molecule has 0 atom stereocenters. The maximum atomic E-state index is 11.9. The van der Waals surface area contributed by atoms with Gasteiger partial charge in [-0.05, 0) is 32.0 Å². The average Bonchev–Trinajstić information content (AvgIpc) is 2.75.